The summed E-state index contributed by atoms with van der Waals surface area (Å²) in [6.45, 7) is 0. The highest BCUT2D eigenvalue weighted by Gasteiger charge is 2.13. The summed E-state index contributed by atoms with van der Waals surface area (Å²) >= 11 is 11.5. The molecular weight excluding hydrogens is 457 g/mol. The molecule has 6 heteroatoms. The molecule has 3 aromatic rings. The van der Waals surface area contributed by atoms with Crippen molar-refractivity contribution in [1.29, 1.82) is 0 Å². The van der Waals surface area contributed by atoms with Gasteiger partial charge in [-0.05, 0) is 74.9 Å². The van der Waals surface area contributed by atoms with Crippen LogP contribution in [0.3, 0.4) is 0 Å². The predicted octanol–water partition coefficient (Wildman–Crippen LogP) is 5.27. The molecule has 1 aromatic heterocycles. The first-order valence-electron chi connectivity index (χ1n) is 5.78. The van der Waals surface area contributed by atoms with Crippen molar-refractivity contribution in [2.45, 2.75) is 5.88 Å². The number of hydrogen-bond donors (Lipinski definition) is 0. The molecule has 0 amide bonds. The summed E-state index contributed by atoms with van der Waals surface area (Å²) in [5.41, 5.74) is 2.67. The normalized spacial score (nSPS) is 11.2. The molecule has 0 N–H and O–H groups in total. The van der Waals surface area contributed by atoms with Gasteiger partial charge in [0.2, 0.25) is 0 Å². The van der Waals surface area contributed by atoms with Crippen molar-refractivity contribution < 1.29 is 4.39 Å². The van der Waals surface area contributed by atoms with Crippen molar-refractivity contribution in [1.82, 2.24) is 9.55 Å². The number of aromatic nitrogens is 2. The first-order chi connectivity index (χ1) is 9.60. The van der Waals surface area contributed by atoms with Crippen LogP contribution in [0.1, 0.15) is 5.82 Å². The van der Waals surface area contributed by atoms with E-state index in [0.717, 1.165) is 26.1 Å². The highest BCUT2D eigenvalue weighted by atomic mass is 127. The number of fused-ring (bicyclic) bond motifs is 1. The van der Waals surface area contributed by atoms with Crippen LogP contribution in [0.25, 0.3) is 16.7 Å². The van der Waals surface area contributed by atoms with Crippen LogP contribution in [0.4, 0.5) is 4.39 Å². The molecule has 20 heavy (non-hydrogen) atoms. The minimum Gasteiger partial charge on any atom is -0.295 e. The van der Waals surface area contributed by atoms with Gasteiger partial charge in [-0.25, -0.2) is 9.37 Å². The standard InChI is InChI=1S/C14H8BrClFIN2/c15-10-6-9(2-3-11(10)17)20-13-4-1-8(18)5-12(13)19-14(20)7-16/h1-6H,7H2. The molecule has 1 heterocycles. The second kappa shape index (κ2) is 5.61. The van der Waals surface area contributed by atoms with Crippen LogP contribution in [0.2, 0.25) is 0 Å². The Bertz CT molecular complexity index is 803. The van der Waals surface area contributed by atoms with Crippen molar-refractivity contribution >= 4 is 61.2 Å². The van der Waals surface area contributed by atoms with Crippen molar-refractivity contribution in [2.24, 2.45) is 0 Å². The van der Waals surface area contributed by atoms with E-state index in [-0.39, 0.29) is 5.82 Å². The van der Waals surface area contributed by atoms with Gasteiger partial charge in [-0.1, -0.05) is 0 Å². The molecule has 0 spiro atoms. The van der Waals surface area contributed by atoms with Crippen LogP contribution in [0.15, 0.2) is 40.9 Å². The van der Waals surface area contributed by atoms with Gasteiger partial charge in [0.1, 0.15) is 11.6 Å². The Morgan fingerprint density at radius 3 is 2.75 bits per heavy atom. The minimum atomic E-state index is -0.292. The van der Waals surface area contributed by atoms with Gasteiger partial charge in [-0.3, -0.25) is 4.57 Å². The molecule has 0 saturated heterocycles. The van der Waals surface area contributed by atoms with E-state index in [1.54, 1.807) is 12.1 Å². The minimum absolute atomic E-state index is 0.292. The van der Waals surface area contributed by atoms with Gasteiger partial charge in [0.15, 0.2) is 0 Å². The Labute approximate surface area is 142 Å². The van der Waals surface area contributed by atoms with Crippen LogP contribution < -0.4 is 0 Å². The molecule has 0 fully saturated rings. The van der Waals surface area contributed by atoms with E-state index in [2.05, 4.69) is 43.5 Å². The lowest BCUT2D eigenvalue weighted by Gasteiger charge is -2.08. The number of rotatable bonds is 2. The van der Waals surface area contributed by atoms with E-state index >= 15 is 0 Å². The fourth-order valence-electron chi connectivity index (χ4n) is 2.11. The largest absolute Gasteiger partial charge is 0.295 e. The van der Waals surface area contributed by atoms with Crippen LogP contribution in [0.5, 0.6) is 0 Å². The van der Waals surface area contributed by atoms with E-state index < -0.39 is 0 Å². The number of imidazole rings is 1. The highest BCUT2D eigenvalue weighted by Crippen LogP contribution is 2.26. The van der Waals surface area contributed by atoms with E-state index in [1.165, 1.54) is 6.07 Å². The molecule has 2 nitrogen and oxygen atoms in total. The van der Waals surface area contributed by atoms with Gasteiger partial charge in [0.05, 0.1) is 21.4 Å². The molecule has 0 aliphatic carbocycles. The molecule has 0 saturated carbocycles. The van der Waals surface area contributed by atoms with E-state index in [0.29, 0.717) is 10.4 Å². The third-order valence-electron chi connectivity index (χ3n) is 2.97. The van der Waals surface area contributed by atoms with Gasteiger partial charge in [0.25, 0.3) is 0 Å². The number of benzene rings is 2. The van der Waals surface area contributed by atoms with Gasteiger partial charge in [0, 0.05) is 9.26 Å². The summed E-state index contributed by atoms with van der Waals surface area (Å²) in [5, 5.41) is 0. The molecular formula is C14H8BrClFIN2. The maximum absolute atomic E-state index is 13.4. The van der Waals surface area contributed by atoms with E-state index in [1.807, 2.05) is 22.8 Å². The number of hydrogen-bond acceptors (Lipinski definition) is 1. The van der Waals surface area contributed by atoms with Gasteiger partial charge < -0.3 is 0 Å². The maximum atomic E-state index is 13.4. The molecule has 0 aliphatic rings. The van der Waals surface area contributed by atoms with Gasteiger partial charge in [-0.2, -0.15) is 0 Å². The Morgan fingerprint density at radius 1 is 1.25 bits per heavy atom. The van der Waals surface area contributed by atoms with Crippen LogP contribution in [0, 0.1) is 9.39 Å². The molecule has 0 radical (unpaired) electrons. The summed E-state index contributed by atoms with van der Waals surface area (Å²) in [7, 11) is 0. The molecule has 0 bridgehead atoms. The Balaban J connectivity index is 2.30. The average Bonchev–Trinajstić information content (AvgIpc) is 2.79. The first kappa shape index (κ1) is 14.3. The average molecular weight is 465 g/mol. The Morgan fingerprint density at radius 2 is 2.05 bits per heavy atom. The molecule has 2 aromatic carbocycles. The number of halogens is 4. The first-order valence-corrected chi connectivity index (χ1v) is 8.19. The summed E-state index contributed by atoms with van der Waals surface area (Å²) in [4.78, 5) is 4.54. The topological polar surface area (TPSA) is 17.8 Å². The summed E-state index contributed by atoms with van der Waals surface area (Å²) < 4.78 is 16.9. The van der Waals surface area contributed by atoms with Gasteiger partial charge in [-0.15, -0.1) is 11.6 Å². The van der Waals surface area contributed by atoms with Gasteiger partial charge >= 0.3 is 0 Å². The molecule has 3 rings (SSSR count). The van der Waals surface area contributed by atoms with E-state index in [4.69, 9.17) is 11.6 Å². The SMILES string of the molecule is Fc1ccc(-n2c(CCl)nc3cc(I)ccc32)cc1Br. The fraction of sp³-hybridized carbons (Fsp3) is 0.0714. The van der Waals surface area contributed by atoms with Crippen LogP contribution >= 0.6 is 50.1 Å². The summed E-state index contributed by atoms with van der Waals surface area (Å²) in [6, 6.07) is 10.9. The zero-order valence-corrected chi connectivity index (χ0v) is 14.6. The molecule has 102 valence electrons. The monoisotopic (exact) mass is 464 g/mol. The second-order valence-electron chi connectivity index (χ2n) is 4.23. The summed E-state index contributed by atoms with van der Waals surface area (Å²) in [6.07, 6.45) is 0. The van der Waals surface area contributed by atoms with Crippen molar-refractivity contribution in [3.8, 4) is 5.69 Å². The smallest absolute Gasteiger partial charge is 0.137 e. The lowest BCUT2D eigenvalue weighted by molar-refractivity contribution is 0.620. The van der Waals surface area contributed by atoms with Crippen molar-refractivity contribution in [2.75, 3.05) is 0 Å². The zero-order valence-electron chi connectivity index (χ0n) is 10.1. The van der Waals surface area contributed by atoms with Crippen LogP contribution in [-0.4, -0.2) is 9.55 Å². The Kier molecular flexibility index (Phi) is 4.01. The highest BCUT2D eigenvalue weighted by molar-refractivity contribution is 14.1. The van der Waals surface area contributed by atoms with Crippen molar-refractivity contribution in [3.63, 3.8) is 0 Å². The second-order valence-corrected chi connectivity index (χ2v) is 6.60. The maximum Gasteiger partial charge on any atom is 0.137 e. The predicted molar refractivity (Wildman–Crippen MR) is 91.0 cm³/mol. The molecule has 0 atom stereocenters. The fourth-order valence-corrected chi connectivity index (χ4v) is 3.13. The number of nitrogens with zero attached hydrogens (tertiary/aromatic N) is 2. The molecule has 0 unspecified atom stereocenters. The quantitative estimate of drug-likeness (QED) is 0.373. The third-order valence-corrected chi connectivity index (χ3v) is 4.48. The lowest BCUT2D eigenvalue weighted by Crippen LogP contribution is -1.99. The van der Waals surface area contributed by atoms with E-state index in [9.17, 15) is 4.39 Å². The Hall–Kier alpha value is -0.660. The zero-order chi connectivity index (χ0) is 14.3. The van der Waals surface area contributed by atoms with Crippen molar-refractivity contribution in [3.05, 3.63) is 56.1 Å². The lowest BCUT2D eigenvalue weighted by atomic mass is 10.2. The summed E-state index contributed by atoms with van der Waals surface area (Å²) in [5.74, 6) is 0.739. The van der Waals surface area contributed by atoms with Crippen LogP contribution in [-0.2, 0) is 5.88 Å². The third kappa shape index (κ3) is 2.46. The number of alkyl halides is 1. The molecule has 0 aliphatic heterocycles.